The van der Waals surface area contributed by atoms with Crippen molar-refractivity contribution in [3.05, 3.63) is 63.3 Å². The lowest BCUT2D eigenvalue weighted by atomic mass is 9.99. The first-order valence-corrected chi connectivity index (χ1v) is 12.6. The van der Waals surface area contributed by atoms with Crippen LogP contribution in [0.4, 0.5) is 5.00 Å². The van der Waals surface area contributed by atoms with Crippen molar-refractivity contribution in [2.75, 3.05) is 11.9 Å². The lowest BCUT2D eigenvalue weighted by Crippen LogP contribution is -2.30. The molecule has 8 heteroatoms. The maximum atomic E-state index is 12.8. The summed E-state index contributed by atoms with van der Waals surface area (Å²) in [6.45, 7) is 3.47. The Morgan fingerprint density at radius 2 is 1.79 bits per heavy atom. The Labute approximate surface area is 200 Å². The third kappa shape index (κ3) is 5.34. The molecule has 6 nitrogen and oxygen atoms in total. The third-order valence-corrected chi connectivity index (χ3v) is 7.69. The predicted molar refractivity (Wildman–Crippen MR) is 130 cm³/mol. The van der Waals surface area contributed by atoms with E-state index in [1.807, 2.05) is 36.4 Å². The molecule has 33 heavy (non-hydrogen) atoms. The minimum atomic E-state index is -1.02. The number of hydrogen-bond acceptors (Lipinski definition) is 7. The van der Waals surface area contributed by atoms with Crippen LogP contribution >= 0.6 is 22.7 Å². The van der Waals surface area contributed by atoms with Gasteiger partial charge >= 0.3 is 11.9 Å². The fraction of sp³-hybridized carbons (Fsp3) is 0.320. The molecule has 2 heterocycles. The molecule has 4 rings (SSSR count). The summed E-state index contributed by atoms with van der Waals surface area (Å²) in [7, 11) is 0. The Hall–Kier alpha value is -2.97. The summed E-state index contributed by atoms with van der Waals surface area (Å²) >= 11 is 2.72. The van der Waals surface area contributed by atoms with Gasteiger partial charge in [-0.1, -0.05) is 30.3 Å². The van der Waals surface area contributed by atoms with Crippen LogP contribution in [-0.4, -0.2) is 30.6 Å². The van der Waals surface area contributed by atoms with Gasteiger partial charge in [-0.25, -0.2) is 9.59 Å². The van der Waals surface area contributed by atoms with Crippen LogP contribution in [0.2, 0.25) is 0 Å². The highest BCUT2D eigenvalue weighted by Gasteiger charge is 2.25. The van der Waals surface area contributed by atoms with Crippen molar-refractivity contribution >= 4 is 45.5 Å². The Bertz CT molecular complexity index is 1140. The summed E-state index contributed by atoms with van der Waals surface area (Å²) < 4.78 is 10.6. The highest BCUT2D eigenvalue weighted by Crippen LogP contribution is 2.36. The average molecular weight is 484 g/mol. The van der Waals surface area contributed by atoms with E-state index in [-0.39, 0.29) is 12.2 Å². The molecule has 2 aromatic heterocycles. The number of nitrogens with one attached hydrogen (secondary N) is 1. The molecule has 172 valence electrons. The second kappa shape index (κ2) is 10.3. The van der Waals surface area contributed by atoms with Crippen molar-refractivity contribution in [3.63, 3.8) is 0 Å². The normalized spacial score (nSPS) is 13.6. The summed E-state index contributed by atoms with van der Waals surface area (Å²) in [4.78, 5) is 40.5. The van der Waals surface area contributed by atoms with Gasteiger partial charge in [-0.3, -0.25) is 4.79 Å². The number of benzene rings is 1. The molecule has 1 unspecified atom stereocenters. The molecule has 1 aliphatic carbocycles. The maximum Gasteiger partial charge on any atom is 0.349 e. The van der Waals surface area contributed by atoms with Crippen LogP contribution in [0.25, 0.3) is 10.4 Å². The number of aryl methyl sites for hydroxylation is 2. The first kappa shape index (κ1) is 23.2. The lowest BCUT2D eigenvalue weighted by molar-refractivity contribution is -0.123. The number of thiophene rings is 2. The number of hydrogen-bond donors (Lipinski definition) is 1. The van der Waals surface area contributed by atoms with Crippen LogP contribution < -0.4 is 5.32 Å². The fourth-order valence-electron chi connectivity index (χ4n) is 3.67. The molecule has 0 fully saturated rings. The van der Waals surface area contributed by atoms with Crippen molar-refractivity contribution in [2.24, 2.45) is 0 Å². The topological polar surface area (TPSA) is 81.7 Å². The van der Waals surface area contributed by atoms with Gasteiger partial charge in [-0.15, -0.1) is 22.7 Å². The maximum absolute atomic E-state index is 12.8. The molecule has 0 saturated heterocycles. The fourth-order valence-corrected chi connectivity index (χ4v) is 5.86. The van der Waals surface area contributed by atoms with E-state index in [9.17, 15) is 14.4 Å². The predicted octanol–water partition coefficient (Wildman–Crippen LogP) is 5.72. The summed E-state index contributed by atoms with van der Waals surface area (Å²) in [5, 5.41) is 3.12. The molecule has 0 bridgehead atoms. The third-order valence-electron chi connectivity index (χ3n) is 5.37. The van der Waals surface area contributed by atoms with Crippen LogP contribution in [0.15, 0.2) is 42.5 Å². The first-order chi connectivity index (χ1) is 16.0. The molecule has 1 aliphatic rings. The number of anilines is 1. The molecule has 1 N–H and O–H groups in total. The van der Waals surface area contributed by atoms with Gasteiger partial charge in [0.15, 0.2) is 6.10 Å². The first-order valence-electron chi connectivity index (χ1n) is 11.0. The molecule has 0 spiro atoms. The molecule has 1 atom stereocenters. The molecular formula is C25H25NO5S2. The SMILES string of the molecule is CCOC(=O)c1cc(-c2ccccc2)sc1NC(=O)C(C)OC(=O)c1cc2c(s1)CCCC2. The van der Waals surface area contributed by atoms with Gasteiger partial charge in [0.25, 0.3) is 5.91 Å². The van der Waals surface area contributed by atoms with Gasteiger partial charge in [0.05, 0.1) is 12.2 Å². The van der Waals surface area contributed by atoms with Crippen molar-refractivity contribution in [1.29, 1.82) is 0 Å². The molecule has 1 amide bonds. The Morgan fingerprint density at radius 1 is 1.03 bits per heavy atom. The number of carbonyl (C=O) groups is 3. The lowest BCUT2D eigenvalue weighted by Gasteiger charge is -2.13. The number of rotatable bonds is 7. The Balaban J connectivity index is 1.48. The molecular weight excluding hydrogens is 458 g/mol. The van der Waals surface area contributed by atoms with Crippen molar-refractivity contribution < 1.29 is 23.9 Å². The summed E-state index contributed by atoms with van der Waals surface area (Å²) in [6, 6.07) is 13.2. The molecule has 1 aromatic carbocycles. The van der Waals surface area contributed by atoms with E-state index in [4.69, 9.17) is 9.47 Å². The van der Waals surface area contributed by atoms with Crippen LogP contribution in [-0.2, 0) is 27.1 Å². The van der Waals surface area contributed by atoms with E-state index in [0.717, 1.165) is 36.1 Å². The average Bonchev–Trinajstić information content (AvgIpc) is 3.44. The highest BCUT2D eigenvalue weighted by molar-refractivity contribution is 7.20. The van der Waals surface area contributed by atoms with Gasteiger partial charge in [-0.2, -0.15) is 0 Å². The second-order valence-corrected chi connectivity index (χ2v) is 9.93. The quantitative estimate of drug-likeness (QED) is 0.435. The molecule has 0 aliphatic heterocycles. The van der Waals surface area contributed by atoms with E-state index in [0.29, 0.717) is 9.88 Å². The number of esters is 2. The van der Waals surface area contributed by atoms with Crippen LogP contribution in [0.5, 0.6) is 0 Å². The van der Waals surface area contributed by atoms with E-state index >= 15 is 0 Å². The van der Waals surface area contributed by atoms with Crippen molar-refractivity contribution in [1.82, 2.24) is 0 Å². The molecule has 0 radical (unpaired) electrons. The number of amides is 1. The number of carbonyl (C=O) groups excluding carboxylic acids is 3. The van der Waals surface area contributed by atoms with Crippen LogP contribution in [0.1, 0.15) is 57.2 Å². The van der Waals surface area contributed by atoms with E-state index in [2.05, 4.69) is 5.32 Å². The zero-order valence-corrected chi connectivity index (χ0v) is 20.1. The van der Waals surface area contributed by atoms with E-state index in [1.165, 1.54) is 40.0 Å². The van der Waals surface area contributed by atoms with Gasteiger partial charge < -0.3 is 14.8 Å². The standard InChI is InChI=1S/C25H25NO5S2/c1-3-30-24(28)18-14-20(16-9-5-4-6-10-16)33-23(18)26-22(27)15(2)31-25(29)21-13-17-11-7-8-12-19(17)32-21/h4-6,9-10,13-15H,3,7-8,11-12H2,1-2H3,(H,26,27). The van der Waals surface area contributed by atoms with Gasteiger partial charge in [0.1, 0.15) is 9.88 Å². The van der Waals surface area contributed by atoms with Gasteiger partial charge in [-0.05, 0) is 62.8 Å². The summed E-state index contributed by atoms with van der Waals surface area (Å²) in [6.07, 6.45) is 3.21. The van der Waals surface area contributed by atoms with E-state index in [1.54, 1.807) is 13.0 Å². The minimum Gasteiger partial charge on any atom is -0.462 e. The second-order valence-electron chi connectivity index (χ2n) is 7.74. The highest BCUT2D eigenvalue weighted by atomic mass is 32.1. The number of ether oxygens (including phenoxy) is 2. The zero-order valence-electron chi connectivity index (χ0n) is 18.5. The molecule has 3 aromatic rings. The smallest absolute Gasteiger partial charge is 0.349 e. The molecule has 0 saturated carbocycles. The van der Waals surface area contributed by atoms with Crippen molar-refractivity contribution in [3.8, 4) is 10.4 Å². The van der Waals surface area contributed by atoms with Crippen LogP contribution in [0, 0.1) is 0 Å². The minimum absolute atomic E-state index is 0.224. The Kier molecular flexibility index (Phi) is 7.25. The zero-order chi connectivity index (χ0) is 23.4. The number of fused-ring (bicyclic) bond motifs is 1. The Morgan fingerprint density at radius 3 is 2.52 bits per heavy atom. The monoisotopic (exact) mass is 483 g/mol. The van der Waals surface area contributed by atoms with Crippen molar-refractivity contribution in [2.45, 2.75) is 45.6 Å². The van der Waals surface area contributed by atoms with Gasteiger partial charge in [0.2, 0.25) is 0 Å². The van der Waals surface area contributed by atoms with Crippen LogP contribution in [0.3, 0.4) is 0 Å². The van der Waals surface area contributed by atoms with E-state index < -0.39 is 23.9 Å². The summed E-state index contributed by atoms with van der Waals surface area (Å²) in [5.74, 6) is -1.52. The largest absolute Gasteiger partial charge is 0.462 e. The summed E-state index contributed by atoms with van der Waals surface area (Å²) in [5.41, 5.74) is 2.41. The van der Waals surface area contributed by atoms with Gasteiger partial charge in [0, 0.05) is 9.75 Å².